The van der Waals surface area contributed by atoms with E-state index in [2.05, 4.69) is 20.9 Å². The van der Waals surface area contributed by atoms with Gasteiger partial charge in [-0.25, -0.2) is 4.39 Å². The van der Waals surface area contributed by atoms with Crippen LogP contribution in [0.5, 0.6) is 5.75 Å². The van der Waals surface area contributed by atoms with Crippen LogP contribution in [0.2, 0.25) is 0 Å². The lowest BCUT2D eigenvalue weighted by atomic mass is 10.1. The Labute approximate surface area is 108 Å². The lowest BCUT2D eigenvalue weighted by Gasteiger charge is -2.07. The molecule has 4 heteroatoms. The fourth-order valence-electron chi connectivity index (χ4n) is 1.62. The van der Waals surface area contributed by atoms with Crippen LogP contribution in [-0.2, 0) is 5.33 Å². The summed E-state index contributed by atoms with van der Waals surface area (Å²) < 4.78 is 18.5. The molecule has 1 aromatic heterocycles. The molecule has 2 nitrogen and oxygen atoms in total. The number of ether oxygens (including phenoxy) is 1. The van der Waals surface area contributed by atoms with E-state index in [1.165, 1.54) is 13.2 Å². The molecule has 1 aromatic carbocycles. The number of nitrogens with zero attached hydrogens (tertiary/aromatic N) is 1. The Morgan fingerprint density at radius 1 is 1.35 bits per heavy atom. The van der Waals surface area contributed by atoms with E-state index in [4.69, 9.17) is 4.74 Å². The van der Waals surface area contributed by atoms with Gasteiger partial charge in [-0.15, -0.1) is 0 Å². The molecule has 0 fully saturated rings. The molecule has 0 aliphatic carbocycles. The van der Waals surface area contributed by atoms with Gasteiger partial charge in [0.1, 0.15) is 0 Å². The summed E-state index contributed by atoms with van der Waals surface area (Å²) in [6, 6.07) is 8.67. The lowest BCUT2D eigenvalue weighted by molar-refractivity contribution is 0.386. The minimum atomic E-state index is -0.379. The van der Waals surface area contributed by atoms with Gasteiger partial charge in [-0.1, -0.05) is 22.0 Å². The molecule has 0 bridgehead atoms. The van der Waals surface area contributed by atoms with Gasteiger partial charge >= 0.3 is 0 Å². The summed E-state index contributed by atoms with van der Waals surface area (Å²) in [7, 11) is 1.45. The van der Waals surface area contributed by atoms with E-state index in [0.717, 1.165) is 16.8 Å². The van der Waals surface area contributed by atoms with Crippen LogP contribution < -0.4 is 4.74 Å². The second kappa shape index (κ2) is 5.27. The summed E-state index contributed by atoms with van der Waals surface area (Å²) in [6.07, 6.45) is 1.70. The van der Waals surface area contributed by atoms with E-state index in [-0.39, 0.29) is 11.6 Å². The number of hydrogen-bond donors (Lipinski definition) is 0. The highest BCUT2D eigenvalue weighted by Gasteiger charge is 2.09. The summed E-state index contributed by atoms with van der Waals surface area (Å²) in [5.74, 6) is -0.138. The fraction of sp³-hybridized carbons (Fsp3) is 0.154. The molecular weight excluding hydrogens is 285 g/mol. The molecule has 0 saturated carbocycles. The zero-order valence-electron chi connectivity index (χ0n) is 9.28. The first-order chi connectivity index (χ1) is 8.26. The Hall–Kier alpha value is -1.42. The third-order valence-corrected chi connectivity index (χ3v) is 3.06. The number of alkyl halides is 1. The van der Waals surface area contributed by atoms with Crippen LogP contribution in [0.3, 0.4) is 0 Å². The number of halogens is 2. The van der Waals surface area contributed by atoms with Crippen LogP contribution in [0.1, 0.15) is 5.56 Å². The van der Waals surface area contributed by atoms with Crippen molar-refractivity contribution in [2.45, 2.75) is 5.33 Å². The van der Waals surface area contributed by atoms with E-state index >= 15 is 0 Å². The third kappa shape index (κ3) is 2.47. The number of rotatable bonds is 3. The molecule has 0 saturated heterocycles. The van der Waals surface area contributed by atoms with Crippen LogP contribution in [-0.4, -0.2) is 12.1 Å². The number of aromatic nitrogens is 1. The van der Waals surface area contributed by atoms with Crippen molar-refractivity contribution in [3.63, 3.8) is 0 Å². The maximum absolute atomic E-state index is 13.6. The van der Waals surface area contributed by atoms with E-state index in [1.807, 2.05) is 12.1 Å². The average Bonchev–Trinajstić information content (AvgIpc) is 2.38. The van der Waals surface area contributed by atoms with Crippen molar-refractivity contribution in [3.05, 3.63) is 47.9 Å². The fourth-order valence-corrected chi connectivity index (χ4v) is 2.07. The van der Waals surface area contributed by atoms with Gasteiger partial charge in [0.05, 0.1) is 12.8 Å². The molecule has 1 heterocycles. The highest BCUT2D eigenvalue weighted by molar-refractivity contribution is 9.08. The van der Waals surface area contributed by atoms with Gasteiger partial charge in [-0.05, 0) is 29.8 Å². The quantitative estimate of drug-likeness (QED) is 0.804. The first-order valence-electron chi connectivity index (χ1n) is 5.10. The molecule has 0 amide bonds. The van der Waals surface area contributed by atoms with Crippen molar-refractivity contribution in [3.8, 4) is 17.0 Å². The van der Waals surface area contributed by atoms with Gasteiger partial charge in [0.25, 0.3) is 0 Å². The van der Waals surface area contributed by atoms with Crippen molar-refractivity contribution in [1.82, 2.24) is 4.98 Å². The van der Waals surface area contributed by atoms with E-state index in [9.17, 15) is 4.39 Å². The zero-order valence-corrected chi connectivity index (χ0v) is 10.9. The molecule has 2 rings (SSSR count). The van der Waals surface area contributed by atoms with Gasteiger partial charge in [0, 0.05) is 17.1 Å². The number of benzene rings is 1. The average molecular weight is 296 g/mol. The SMILES string of the molecule is COc1ccc(-c2ncccc2CBr)cc1F. The number of methoxy groups -OCH3 is 1. The summed E-state index contributed by atoms with van der Waals surface area (Å²) in [5.41, 5.74) is 2.56. The van der Waals surface area contributed by atoms with Crippen LogP contribution in [0, 0.1) is 5.82 Å². The van der Waals surface area contributed by atoms with Crippen LogP contribution >= 0.6 is 15.9 Å². The Morgan fingerprint density at radius 3 is 2.82 bits per heavy atom. The first-order valence-corrected chi connectivity index (χ1v) is 6.22. The monoisotopic (exact) mass is 295 g/mol. The van der Waals surface area contributed by atoms with Gasteiger partial charge in [-0.2, -0.15) is 0 Å². The first kappa shape index (κ1) is 12.0. The van der Waals surface area contributed by atoms with Gasteiger partial charge in [0.2, 0.25) is 0 Å². The third-order valence-electron chi connectivity index (χ3n) is 2.46. The molecule has 0 radical (unpaired) electrons. The van der Waals surface area contributed by atoms with Crippen LogP contribution in [0.4, 0.5) is 4.39 Å². The zero-order chi connectivity index (χ0) is 12.3. The summed E-state index contributed by atoms with van der Waals surface area (Å²) >= 11 is 3.39. The Balaban J connectivity index is 2.49. The lowest BCUT2D eigenvalue weighted by Crippen LogP contribution is -1.92. The van der Waals surface area contributed by atoms with Gasteiger partial charge in [-0.3, -0.25) is 4.98 Å². The van der Waals surface area contributed by atoms with E-state index < -0.39 is 0 Å². The Kier molecular flexibility index (Phi) is 3.74. The molecule has 0 spiro atoms. The minimum absolute atomic E-state index is 0.241. The normalized spacial score (nSPS) is 10.3. The summed E-state index contributed by atoms with van der Waals surface area (Å²) in [4.78, 5) is 4.28. The summed E-state index contributed by atoms with van der Waals surface area (Å²) in [6.45, 7) is 0. The highest BCUT2D eigenvalue weighted by atomic mass is 79.9. The van der Waals surface area contributed by atoms with E-state index in [0.29, 0.717) is 5.33 Å². The molecular formula is C13H11BrFNO. The molecule has 0 unspecified atom stereocenters. The molecule has 2 aromatic rings. The molecule has 0 atom stereocenters. The maximum Gasteiger partial charge on any atom is 0.165 e. The van der Waals surface area contributed by atoms with Crippen molar-refractivity contribution in [1.29, 1.82) is 0 Å². The standard InChI is InChI=1S/C13H11BrFNO/c1-17-12-5-4-9(7-11(12)15)13-10(8-14)3-2-6-16-13/h2-7H,8H2,1H3. The Morgan fingerprint density at radius 2 is 2.18 bits per heavy atom. The molecule has 17 heavy (non-hydrogen) atoms. The van der Waals surface area contributed by atoms with Crippen molar-refractivity contribution in [2.24, 2.45) is 0 Å². The van der Waals surface area contributed by atoms with Crippen LogP contribution in [0.15, 0.2) is 36.5 Å². The van der Waals surface area contributed by atoms with Crippen LogP contribution in [0.25, 0.3) is 11.3 Å². The smallest absolute Gasteiger partial charge is 0.165 e. The predicted molar refractivity (Wildman–Crippen MR) is 68.8 cm³/mol. The van der Waals surface area contributed by atoms with Crippen molar-refractivity contribution in [2.75, 3.05) is 7.11 Å². The second-order valence-corrected chi connectivity index (χ2v) is 4.05. The maximum atomic E-state index is 13.6. The summed E-state index contributed by atoms with van der Waals surface area (Å²) in [5, 5.41) is 0.684. The largest absolute Gasteiger partial charge is 0.494 e. The van der Waals surface area contributed by atoms with Gasteiger partial charge in [0.15, 0.2) is 11.6 Å². The van der Waals surface area contributed by atoms with Gasteiger partial charge < -0.3 is 4.74 Å². The number of pyridine rings is 1. The molecule has 0 aliphatic rings. The Bertz CT molecular complexity index is 531. The van der Waals surface area contributed by atoms with Crippen molar-refractivity contribution < 1.29 is 9.13 Å². The molecule has 88 valence electrons. The minimum Gasteiger partial charge on any atom is -0.494 e. The second-order valence-electron chi connectivity index (χ2n) is 3.49. The molecule has 0 aliphatic heterocycles. The topological polar surface area (TPSA) is 22.1 Å². The van der Waals surface area contributed by atoms with Crippen molar-refractivity contribution >= 4 is 15.9 Å². The highest BCUT2D eigenvalue weighted by Crippen LogP contribution is 2.27. The predicted octanol–water partition coefficient (Wildman–Crippen LogP) is 3.79. The number of hydrogen-bond acceptors (Lipinski definition) is 2. The van der Waals surface area contributed by atoms with E-state index in [1.54, 1.807) is 18.3 Å². The molecule has 0 N–H and O–H groups in total.